The molecule has 1 aliphatic carbocycles. The summed E-state index contributed by atoms with van der Waals surface area (Å²) in [7, 11) is 0. The van der Waals surface area contributed by atoms with Crippen LogP contribution in [0.3, 0.4) is 0 Å². The molecule has 3 unspecified atom stereocenters. The fourth-order valence-electron chi connectivity index (χ4n) is 3.73. The van der Waals surface area contributed by atoms with E-state index in [1.54, 1.807) is 0 Å². The molecule has 4 rings (SSSR count). The normalized spacial score (nSPS) is 28.0. The van der Waals surface area contributed by atoms with E-state index >= 15 is 0 Å². The second-order valence-corrected chi connectivity index (χ2v) is 7.03. The van der Waals surface area contributed by atoms with Crippen LogP contribution in [0.1, 0.15) is 36.8 Å². The summed E-state index contributed by atoms with van der Waals surface area (Å²) in [5, 5.41) is 7.74. The smallest absolute Gasteiger partial charge is 0.244 e. The van der Waals surface area contributed by atoms with Gasteiger partial charge >= 0.3 is 0 Å². The molecule has 1 saturated carbocycles. The monoisotopic (exact) mass is 347 g/mol. The predicted molar refractivity (Wildman–Crippen MR) is 83.7 cm³/mol. The largest absolute Gasteiger partial charge is 0.337 e. The lowest BCUT2D eigenvalue weighted by Crippen LogP contribution is -2.18. The highest BCUT2D eigenvalue weighted by Crippen LogP contribution is 2.44. The van der Waals surface area contributed by atoms with Gasteiger partial charge in [-0.2, -0.15) is 4.98 Å². The first-order valence-electron chi connectivity index (χ1n) is 7.56. The van der Waals surface area contributed by atoms with Crippen molar-refractivity contribution in [2.75, 3.05) is 6.54 Å². The Morgan fingerprint density at radius 1 is 1.33 bits per heavy atom. The average Bonchev–Trinajstić information content (AvgIpc) is 3.13. The average molecular weight is 348 g/mol. The topological polar surface area (TPSA) is 51.0 Å². The third-order valence-corrected chi connectivity index (χ3v) is 5.48. The maximum absolute atomic E-state index is 5.55. The van der Waals surface area contributed by atoms with Crippen molar-refractivity contribution < 1.29 is 4.52 Å². The van der Waals surface area contributed by atoms with E-state index in [2.05, 4.69) is 50.4 Å². The van der Waals surface area contributed by atoms with E-state index in [1.165, 1.54) is 24.8 Å². The first-order chi connectivity index (χ1) is 10.2. The number of hydrogen-bond donors (Lipinski definition) is 1. The lowest BCUT2D eigenvalue weighted by Gasteiger charge is -2.13. The Morgan fingerprint density at radius 2 is 2.24 bits per heavy atom. The molecular weight excluding hydrogens is 330 g/mol. The minimum atomic E-state index is 0.239. The van der Waals surface area contributed by atoms with Crippen molar-refractivity contribution in [3.8, 4) is 11.4 Å². The quantitative estimate of drug-likeness (QED) is 0.895. The zero-order valence-electron chi connectivity index (χ0n) is 12.0. The first kappa shape index (κ1) is 13.5. The Balaban J connectivity index is 1.64. The van der Waals surface area contributed by atoms with Crippen molar-refractivity contribution in [3.63, 3.8) is 0 Å². The van der Waals surface area contributed by atoms with E-state index in [4.69, 9.17) is 4.52 Å². The fraction of sp³-hybridized carbons (Fsp3) is 0.500. The van der Waals surface area contributed by atoms with E-state index in [-0.39, 0.29) is 6.04 Å². The SMILES string of the molecule is Cc1ccc(-c2noc(C3NCC4CCCC43)n2)c(Br)c1. The molecule has 0 amide bonds. The van der Waals surface area contributed by atoms with Gasteiger partial charge in [0, 0.05) is 10.0 Å². The van der Waals surface area contributed by atoms with Gasteiger partial charge in [0.05, 0.1) is 6.04 Å². The minimum Gasteiger partial charge on any atom is -0.337 e. The Labute approximate surface area is 132 Å². The van der Waals surface area contributed by atoms with E-state index in [1.807, 2.05) is 6.07 Å². The standard InChI is InChI=1S/C16H18BrN3O/c1-9-5-6-12(13(17)7-9)15-19-16(21-20-15)14-11-4-2-3-10(11)8-18-14/h5-7,10-11,14,18H,2-4,8H2,1H3. The van der Waals surface area contributed by atoms with E-state index in [0.717, 1.165) is 28.4 Å². The summed E-state index contributed by atoms with van der Waals surface area (Å²) in [6.07, 6.45) is 3.94. The molecule has 2 aromatic rings. The number of aromatic nitrogens is 2. The van der Waals surface area contributed by atoms with Gasteiger partial charge in [0.15, 0.2) is 0 Å². The molecule has 2 heterocycles. The van der Waals surface area contributed by atoms with Gasteiger partial charge in [-0.05, 0) is 55.8 Å². The number of nitrogens with one attached hydrogen (secondary N) is 1. The predicted octanol–water partition coefficient (Wildman–Crippen LogP) is 3.87. The second kappa shape index (κ2) is 5.21. The number of rotatable bonds is 2. The van der Waals surface area contributed by atoms with Crippen LogP contribution >= 0.6 is 15.9 Å². The van der Waals surface area contributed by atoms with Gasteiger partial charge in [0.25, 0.3) is 0 Å². The number of nitrogens with zero attached hydrogens (tertiary/aromatic N) is 2. The zero-order chi connectivity index (χ0) is 14.4. The van der Waals surface area contributed by atoms with Gasteiger partial charge < -0.3 is 9.84 Å². The lowest BCUT2D eigenvalue weighted by atomic mass is 9.94. The lowest BCUT2D eigenvalue weighted by molar-refractivity contribution is 0.302. The Hall–Kier alpha value is -1.20. The second-order valence-electron chi connectivity index (χ2n) is 6.18. The maximum Gasteiger partial charge on any atom is 0.244 e. The van der Waals surface area contributed by atoms with Crippen molar-refractivity contribution >= 4 is 15.9 Å². The number of benzene rings is 1. The molecule has 1 aromatic heterocycles. The molecular formula is C16H18BrN3O. The van der Waals surface area contributed by atoms with E-state index in [9.17, 15) is 0 Å². The highest BCUT2D eigenvalue weighted by atomic mass is 79.9. The number of hydrogen-bond acceptors (Lipinski definition) is 4. The molecule has 2 fully saturated rings. The molecule has 2 aliphatic rings. The van der Waals surface area contributed by atoms with Gasteiger partial charge in [0.2, 0.25) is 11.7 Å². The van der Waals surface area contributed by atoms with Crippen LogP contribution in [0.15, 0.2) is 27.2 Å². The number of aryl methyl sites for hydroxylation is 1. The van der Waals surface area contributed by atoms with Crippen molar-refractivity contribution in [2.24, 2.45) is 11.8 Å². The summed E-state index contributed by atoms with van der Waals surface area (Å²) < 4.78 is 6.56. The van der Waals surface area contributed by atoms with Crippen LogP contribution < -0.4 is 5.32 Å². The van der Waals surface area contributed by atoms with Crippen LogP contribution in [0, 0.1) is 18.8 Å². The Morgan fingerprint density at radius 3 is 3.10 bits per heavy atom. The number of halogens is 1. The molecule has 110 valence electrons. The van der Waals surface area contributed by atoms with Gasteiger partial charge in [-0.1, -0.05) is 33.6 Å². The van der Waals surface area contributed by atoms with E-state index in [0.29, 0.717) is 11.7 Å². The highest BCUT2D eigenvalue weighted by Gasteiger charge is 2.42. The summed E-state index contributed by atoms with van der Waals surface area (Å²) in [5.41, 5.74) is 2.19. The third kappa shape index (κ3) is 2.32. The third-order valence-electron chi connectivity index (χ3n) is 4.82. The van der Waals surface area contributed by atoms with E-state index < -0.39 is 0 Å². The summed E-state index contributed by atoms with van der Waals surface area (Å²) >= 11 is 3.58. The maximum atomic E-state index is 5.55. The van der Waals surface area contributed by atoms with Crippen LogP contribution in [0.25, 0.3) is 11.4 Å². The van der Waals surface area contributed by atoms with Crippen LogP contribution in [0.4, 0.5) is 0 Å². The molecule has 1 saturated heterocycles. The zero-order valence-corrected chi connectivity index (χ0v) is 13.6. The fourth-order valence-corrected chi connectivity index (χ4v) is 4.40. The molecule has 5 heteroatoms. The van der Waals surface area contributed by atoms with Crippen LogP contribution in [0.2, 0.25) is 0 Å². The molecule has 0 bridgehead atoms. The first-order valence-corrected chi connectivity index (χ1v) is 8.35. The molecule has 21 heavy (non-hydrogen) atoms. The van der Waals surface area contributed by atoms with Crippen molar-refractivity contribution in [1.82, 2.24) is 15.5 Å². The van der Waals surface area contributed by atoms with Gasteiger partial charge in [-0.3, -0.25) is 0 Å². The molecule has 1 aliphatic heterocycles. The van der Waals surface area contributed by atoms with Crippen LogP contribution in [-0.2, 0) is 0 Å². The summed E-state index contributed by atoms with van der Waals surface area (Å²) in [6, 6.07) is 6.42. The van der Waals surface area contributed by atoms with Crippen molar-refractivity contribution in [3.05, 3.63) is 34.1 Å². The minimum absolute atomic E-state index is 0.239. The van der Waals surface area contributed by atoms with Crippen molar-refractivity contribution in [1.29, 1.82) is 0 Å². The summed E-state index contributed by atoms with van der Waals surface area (Å²) in [5.74, 6) is 2.86. The molecule has 4 nitrogen and oxygen atoms in total. The highest BCUT2D eigenvalue weighted by molar-refractivity contribution is 9.10. The molecule has 0 spiro atoms. The van der Waals surface area contributed by atoms with Gasteiger partial charge in [0.1, 0.15) is 0 Å². The molecule has 1 aromatic carbocycles. The van der Waals surface area contributed by atoms with Gasteiger partial charge in [-0.25, -0.2) is 0 Å². The Kier molecular flexibility index (Phi) is 3.34. The number of fused-ring (bicyclic) bond motifs is 1. The Bertz CT molecular complexity index is 669. The summed E-state index contributed by atoms with van der Waals surface area (Å²) in [4.78, 5) is 4.64. The molecule has 1 N–H and O–H groups in total. The molecule has 0 radical (unpaired) electrons. The molecule has 3 atom stereocenters. The van der Waals surface area contributed by atoms with Crippen molar-refractivity contribution in [2.45, 2.75) is 32.2 Å². The van der Waals surface area contributed by atoms with Crippen LogP contribution in [-0.4, -0.2) is 16.7 Å². The van der Waals surface area contributed by atoms with Crippen LogP contribution in [0.5, 0.6) is 0 Å². The van der Waals surface area contributed by atoms with Gasteiger partial charge in [-0.15, -0.1) is 0 Å². The summed E-state index contributed by atoms with van der Waals surface area (Å²) in [6.45, 7) is 3.15.